The molecule has 0 aromatic heterocycles. The Balaban J connectivity index is 1.90. The Bertz CT molecular complexity index is 908. The van der Waals surface area contributed by atoms with Gasteiger partial charge in [0.05, 0.1) is 23.8 Å². The molecule has 1 aliphatic carbocycles. The number of rotatable bonds is 4. The number of halogens is 4. The van der Waals surface area contributed by atoms with Gasteiger partial charge in [0.15, 0.2) is 5.78 Å². The van der Waals surface area contributed by atoms with Gasteiger partial charge in [-0.2, -0.15) is 13.2 Å². The van der Waals surface area contributed by atoms with Crippen molar-refractivity contribution in [1.29, 1.82) is 0 Å². The number of aryl methyl sites for hydroxylation is 1. The number of nitrogens with one attached hydrogen (secondary N) is 1. The van der Waals surface area contributed by atoms with Crippen LogP contribution in [0.15, 0.2) is 36.4 Å². The number of carbonyl (C=O) groups excluding carboxylic acids is 2. The molecule has 1 atom stereocenters. The lowest BCUT2D eigenvalue weighted by molar-refractivity contribution is -0.140. The molecule has 0 saturated carbocycles. The molecule has 1 unspecified atom stereocenters. The molecule has 0 spiro atoms. The Morgan fingerprint density at radius 3 is 2.59 bits per heavy atom. The summed E-state index contributed by atoms with van der Waals surface area (Å²) < 4.78 is 52.1. The van der Waals surface area contributed by atoms with Gasteiger partial charge in [-0.3, -0.25) is 9.59 Å². The zero-order valence-electron chi connectivity index (χ0n) is 13.9. The molecule has 1 amide bonds. The van der Waals surface area contributed by atoms with Crippen molar-refractivity contribution in [1.82, 2.24) is 5.32 Å². The highest BCUT2D eigenvalue weighted by molar-refractivity contribution is 6.10. The lowest BCUT2D eigenvalue weighted by atomic mass is 10.00. The topological polar surface area (TPSA) is 66.4 Å². The third-order valence-corrected chi connectivity index (χ3v) is 4.48. The Kier molecular flexibility index (Phi) is 5.01. The van der Waals surface area contributed by atoms with E-state index in [9.17, 15) is 32.3 Å². The lowest BCUT2D eigenvalue weighted by Gasteiger charge is -2.19. The van der Waals surface area contributed by atoms with Crippen LogP contribution in [0.3, 0.4) is 0 Å². The van der Waals surface area contributed by atoms with E-state index in [2.05, 4.69) is 5.32 Å². The standard InChI is InChI=1S/C19H15F4NO3/c20-14-6-4-11(8-13(14)19(21,22)23)15(9-25)24-18(27)12-3-1-2-10-5-7-16(26)17(10)12/h1-4,6,8,15,25H,5,7,9H2,(H,24,27). The van der Waals surface area contributed by atoms with Crippen LogP contribution in [0.4, 0.5) is 17.6 Å². The number of aliphatic hydroxyl groups is 1. The summed E-state index contributed by atoms with van der Waals surface area (Å²) in [6, 6.07) is 5.85. The van der Waals surface area contributed by atoms with Crippen molar-refractivity contribution in [2.45, 2.75) is 25.1 Å². The molecule has 142 valence electrons. The fourth-order valence-corrected chi connectivity index (χ4v) is 3.15. The first-order valence-electron chi connectivity index (χ1n) is 8.16. The van der Waals surface area contributed by atoms with Crippen molar-refractivity contribution in [3.8, 4) is 0 Å². The summed E-state index contributed by atoms with van der Waals surface area (Å²) in [7, 11) is 0. The summed E-state index contributed by atoms with van der Waals surface area (Å²) in [6.07, 6.45) is -4.10. The average Bonchev–Trinajstić information content (AvgIpc) is 3.00. The van der Waals surface area contributed by atoms with Gasteiger partial charge in [-0.15, -0.1) is 0 Å². The number of benzene rings is 2. The van der Waals surface area contributed by atoms with E-state index in [4.69, 9.17) is 0 Å². The van der Waals surface area contributed by atoms with Gasteiger partial charge in [-0.25, -0.2) is 4.39 Å². The smallest absolute Gasteiger partial charge is 0.394 e. The van der Waals surface area contributed by atoms with E-state index < -0.39 is 36.1 Å². The van der Waals surface area contributed by atoms with E-state index >= 15 is 0 Å². The number of Topliss-reactive ketones (excluding diaryl/α,β-unsaturated/α-hetero) is 1. The Hall–Kier alpha value is -2.74. The first-order chi connectivity index (χ1) is 12.7. The number of hydrogen-bond donors (Lipinski definition) is 2. The molecule has 0 saturated heterocycles. The van der Waals surface area contributed by atoms with Gasteiger partial charge in [0.2, 0.25) is 0 Å². The molecule has 1 aliphatic rings. The van der Waals surface area contributed by atoms with E-state index in [1.807, 2.05) is 0 Å². The molecule has 2 N–H and O–H groups in total. The quantitative estimate of drug-likeness (QED) is 0.798. The number of ketones is 1. The highest BCUT2D eigenvalue weighted by atomic mass is 19.4. The van der Waals surface area contributed by atoms with Gasteiger partial charge in [-0.05, 0) is 35.7 Å². The summed E-state index contributed by atoms with van der Waals surface area (Å²) in [6.45, 7) is -0.697. The molecule has 27 heavy (non-hydrogen) atoms. The SMILES string of the molecule is O=C(NC(CO)c1ccc(F)c(C(F)(F)F)c1)c1cccc2c1C(=O)CC2. The highest BCUT2D eigenvalue weighted by Gasteiger charge is 2.35. The Labute approximate surface area is 151 Å². The maximum absolute atomic E-state index is 13.4. The number of aliphatic hydroxyl groups excluding tert-OH is 1. The van der Waals surface area contributed by atoms with Gasteiger partial charge >= 0.3 is 6.18 Å². The number of alkyl halides is 3. The maximum Gasteiger partial charge on any atom is 0.419 e. The molecule has 0 fully saturated rings. The van der Waals surface area contributed by atoms with E-state index in [-0.39, 0.29) is 23.3 Å². The number of hydrogen-bond acceptors (Lipinski definition) is 3. The van der Waals surface area contributed by atoms with Crippen LogP contribution in [-0.2, 0) is 12.6 Å². The molecule has 0 heterocycles. The fraction of sp³-hybridized carbons (Fsp3) is 0.263. The molecule has 2 aromatic rings. The van der Waals surface area contributed by atoms with Gasteiger partial charge in [0.1, 0.15) is 5.82 Å². The van der Waals surface area contributed by atoms with E-state index in [1.54, 1.807) is 12.1 Å². The summed E-state index contributed by atoms with van der Waals surface area (Å²) in [5.74, 6) is -2.32. The molecular weight excluding hydrogens is 366 g/mol. The van der Waals surface area contributed by atoms with Crippen LogP contribution in [0.1, 0.15) is 49.9 Å². The van der Waals surface area contributed by atoms with Gasteiger partial charge in [0, 0.05) is 12.0 Å². The van der Waals surface area contributed by atoms with Crippen LogP contribution >= 0.6 is 0 Å². The van der Waals surface area contributed by atoms with Crippen molar-refractivity contribution >= 4 is 11.7 Å². The predicted octanol–water partition coefficient (Wildman–Crippen LogP) is 3.44. The van der Waals surface area contributed by atoms with E-state index in [1.165, 1.54) is 6.07 Å². The largest absolute Gasteiger partial charge is 0.419 e. The van der Waals surface area contributed by atoms with E-state index in [0.29, 0.717) is 24.1 Å². The Morgan fingerprint density at radius 2 is 1.93 bits per heavy atom. The van der Waals surface area contributed by atoms with Crippen molar-refractivity contribution < 1.29 is 32.3 Å². The van der Waals surface area contributed by atoms with Crippen LogP contribution in [0.2, 0.25) is 0 Å². The van der Waals surface area contributed by atoms with Crippen molar-refractivity contribution in [3.05, 3.63) is 70.0 Å². The summed E-state index contributed by atoms with van der Waals surface area (Å²) in [4.78, 5) is 24.6. The third kappa shape index (κ3) is 3.71. The van der Waals surface area contributed by atoms with Crippen LogP contribution in [0, 0.1) is 5.82 Å². The molecule has 3 rings (SSSR count). The summed E-state index contributed by atoms with van der Waals surface area (Å²) in [5, 5.41) is 11.9. The number of fused-ring (bicyclic) bond motifs is 1. The van der Waals surface area contributed by atoms with E-state index in [0.717, 1.165) is 11.6 Å². The number of amides is 1. The predicted molar refractivity (Wildman–Crippen MR) is 87.8 cm³/mol. The highest BCUT2D eigenvalue weighted by Crippen LogP contribution is 2.33. The average molecular weight is 381 g/mol. The summed E-state index contributed by atoms with van der Waals surface area (Å²) >= 11 is 0. The monoisotopic (exact) mass is 381 g/mol. The molecule has 0 bridgehead atoms. The zero-order chi connectivity index (χ0) is 19.8. The third-order valence-electron chi connectivity index (χ3n) is 4.48. The molecular formula is C19H15F4NO3. The lowest BCUT2D eigenvalue weighted by Crippen LogP contribution is -2.32. The normalized spacial score (nSPS) is 14.8. The zero-order valence-corrected chi connectivity index (χ0v) is 13.9. The fourth-order valence-electron chi connectivity index (χ4n) is 3.15. The van der Waals surface area contributed by atoms with Crippen molar-refractivity contribution in [2.24, 2.45) is 0 Å². The first kappa shape index (κ1) is 19.0. The molecule has 0 aliphatic heterocycles. The molecule has 4 nitrogen and oxygen atoms in total. The van der Waals surface area contributed by atoms with Gasteiger partial charge in [0.25, 0.3) is 5.91 Å². The maximum atomic E-state index is 13.4. The van der Waals surface area contributed by atoms with Gasteiger partial charge < -0.3 is 10.4 Å². The number of carbonyl (C=O) groups is 2. The Morgan fingerprint density at radius 1 is 1.19 bits per heavy atom. The second-order valence-electron chi connectivity index (χ2n) is 6.21. The second kappa shape index (κ2) is 7.11. The van der Waals surface area contributed by atoms with Crippen LogP contribution in [0.25, 0.3) is 0 Å². The van der Waals surface area contributed by atoms with Crippen LogP contribution in [0.5, 0.6) is 0 Å². The molecule has 2 aromatic carbocycles. The van der Waals surface area contributed by atoms with Crippen LogP contribution in [-0.4, -0.2) is 23.4 Å². The molecule has 0 radical (unpaired) electrons. The first-order valence-corrected chi connectivity index (χ1v) is 8.16. The summed E-state index contributed by atoms with van der Waals surface area (Å²) in [5.41, 5.74) is -0.454. The van der Waals surface area contributed by atoms with Crippen molar-refractivity contribution in [3.63, 3.8) is 0 Å². The molecule has 8 heteroatoms. The van der Waals surface area contributed by atoms with Crippen LogP contribution < -0.4 is 5.32 Å². The minimum absolute atomic E-state index is 0.0986. The van der Waals surface area contributed by atoms with Crippen molar-refractivity contribution in [2.75, 3.05) is 6.61 Å². The van der Waals surface area contributed by atoms with Gasteiger partial charge in [-0.1, -0.05) is 18.2 Å². The minimum Gasteiger partial charge on any atom is -0.394 e. The minimum atomic E-state index is -4.91. The second-order valence-corrected chi connectivity index (χ2v) is 6.21.